The SMILES string of the molecule is CN(Cc1ccccc1N)Cc1cccc(F)c1Cl. The maximum atomic E-state index is 13.4. The lowest BCUT2D eigenvalue weighted by Crippen LogP contribution is -2.18. The van der Waals surface area contributed by atoms with Crippen LogP contribution in [0, 0.1) is 5.82 Å². The highest BCUT2D eigenvalue weighted by Gasteiger charge is 2.09. The molecule has 0 heterocycles. The third kappa shape index (κ3) is 3.46. The van der Waals surface area contributed by atoms with Crippen LogP contribution in [0.5, 0.6) is 0 Å². The molecule has 4 heteroatoms. The summed E-state index contributed by atoms with van der Waals surface area (Å²) in [5.41, 5.74) is 8.50. The maximum Gasteiger partial charge on any atom is 0.142 e. The zero-order chi connectivity index (χ0) is 13.8. The molecule has 0 bridgehead atoms. The number of nitrogens with zero attached hydrogens (tertiary/aromatic N) is 1. The number of hydrogen-bond acceptors (Lipinski definition) is 2. The lowest BCUT2D eigenvalue weighted by Gasteiger charge is -2.18. The van der Waals surface area contributed by atoms with E-state index in [1.807, 2.05) is 42.3 Å². The Kier molecular flexibility index (Phi) is 4.40. The number of halogens is 2. The van der Waals surface area contributed by atoms with Crippen LogP contribution in [-0.2, 0) is 13.1 Å². The van der Waals surface area contributed by atoms with Gasteiger partial charge in [0.15, 0.2) is 0 Å². The summed E-state index contributed by atoms with van der Waals surface area (Å²) in [6, 6.07) is 12.6. The molecular weight excluding hydrogens is 263 g/mol. The second-order valence-electron chi connectivity index (χ2n) is 4.58. The first kappa shape index (κ1) is 13.8. The molecule has 100 valence electrons. The Labute approximate surface area is 117 Å². The van der Waals surface area contributed by atoms with Gasteiger partial charge in [-0.2, -0.15) is 0 Å². The van der Waals surface area contributed by atoms with Crippen molar-refractivity contribution in [2.45, 2.75) is 13.1 Å². The van der Waals surface area contributed by atoms with Crippen molar-refractivity contribution in [1.29, 1.82) is 0 Å². The summed E-state index contributed by atoms with van der Waals surface area (Å²) in [7, 11) is 1.95. The number of nitrogen functional groups attached to an aromatic ring is 1. The Morgan fingerprint density at radius 2 is 1.68 bits per heavy atom. The van der Waals surface area contributed by atoms with E-state index < -0.39 is 0 Å². The van der Waals surface area contributed by atoms with Gasteiger partial charge in [0, 0.05) is 18.8 Å². The molecule has 0 fully saturated rings. The van der Waals surface area contributed by atoms with Crippen molar-refractivity contribution >= 4 is 17.3 Å². The van der Waals surface area contributed by atoms with Gasteiger partial charge in [-0.25, -0.2) is 4.39 Å². The molecule has 0 radical (unpaired) electrons. The predicted octanol–water partition coefficient (Wildman–Crippen LogP) is 3.69. The molecule has 0 amide bonds. The van der Waals surface area contributed by atoms with Gasteiger partial charge >= 0.3 is 0 Å². The van der Waals surface area contributed by atoms with Gasteiger partial charge in [-0.05, 0) is 30.3 Å². The first-order chi connectivity index (χ1) is 9.08. The normalized spacial score (nSPS) is 10.9. The summed E-state index contributed by atoms with van der Waals surface area (Å²) in [4.78, 5) is 2.05. The Balaban J connectivity index is 2.08. The minimum atomic E-state index is -0.383. The molecule has 0 saturated carbocycles. The highest BCUT2D eigenvalue weighted by molar-refractivity contribution is 6.31. The van der Waals surface area contributed by atoms with Crippen LogP contribution in [0.1, 0.15) is 11.1 Å². The quantitative estimate of drug-likeness (QED) is 0.864. The second-order valence-corrected chi connectivity index (χ2v) is 4.96. The number of rotatable bonds is 4. The molecule has 0 aliphatic rings. The van der Waals surface area contributed by atoms with E-state index in [0.29, 0.717) is 13.1 Å². The Morgan fingerprint density at radius 3 is 2.42 bits per heavy atom. The van der Waals surface area contributed by atoms with Crippen molar-refractivity contribution in [2.24, 2.45) is 0 Å². The van der Waals surface area contributed by atoms with Crippen molar-refractivity contribution in [1.82, 2.24) is 4.90 Å². The monoisotopic (exact) mass is 278 g/mol. The van der Waals surface area contributed by atoms with E-state index in [9.17, 15) is 4.39 Å². The average Bonchev–Trinajstić information content (AvgIpc) is 2.38. The minimum absolute atomic E-state index is 0.190. The van der Waals surface area contributed by atoms with Gasteiger partial charge in [0.25, 0.3) is 0 Å². The smallest absolute Gasteiger partial charge is 0.142 e. The summed E-state index contributed by atoms with van der Waals surface area (Å²) in [6.45, 7) is 1.27. The fourth-order valence-corrected chi connectivity index (χ4v) is 2.17. The van der Waals surface area contributed by atoms with Gasteiger partial charge in [0.1, 0.15) is 5.82 Å². The molecule has 2 N–H and O–H groups in total. The Morgan fingerprint density at radius 1 is 1.05 bits per heavy atom. The molecule has 19 heavy (non-hydrogen) atoms. The predicted molar refractivity (Wildman–Crippen MR) is 77.4 cm³/mol. The van der Waals surface area contributed by atoms with E-state index >= 15 is 0 Å². The lowest BCUT2D eigenvalue weighted by atomic mass is 10.1. The number of anilines is 1. The van der Waals surface area contributed by atoms with Crippen LogP contribution in [-0.4, -0.2) is 11.9 Å². The van der Waals surface area contributed by atoms with Crippen molar-refractivity contribution in [2.75, 3.05) is 12.8 Å². The summed E-state index contributed by atoms with van der Waals surface area (Å²) in [5, 5.41) is 0.190. The largest absolute Gasteiger partial charge is 0.398 e. The van der Waals surface area contributed by atoms with Crippen molar-refractivity contribution in [3.8, 4) is 0 Å². The highest BCUT2D eigenvalue weighted by Crippen LogP contribution is 2.22. The van der Waals surface area contributed by atoms with Gasteiger partial charge in [-0.3, -0.25) is 4.90 Å². The minimum Gasteiger partial charge on any atom is -0.398 e. The van der Waals surface area contributed by atoms with Crippen LogP contribution < -0.4 is 5.73 Å². The number of nitrogens with two attached hydrogens (primary N) is 1. The molecule has 2 rings (SSSR count). The topological polar surface area (TPSA) is 29.3 Å². The molecule has 2 aromatic carbocycles. The van der Waals surface area contributed by atoms with E-state index in [1.165, 1.54) is 6.07 Å². The van der Waals surface area contributed by atoms with Gasteiger partial charge in [-0.1, -0.05) is 41.9 Å². The molecule has 0 aliphatic heterocycles. The van der Waals surface area contributed by atoms with Gasteiger partial charge in [0.2, 0.25) is 0 Å². The number of para-hydroxylation sites is 1. The molecule has 0 aliphatic carbocycles. The third-order valence-electron chi connectivity index (χ3n) is 2.97. The summed E-state index contributed by atoms with van der Waals surface area (Å²) in [6.07, 6.45) is 0. The molecule has 0 unspecified atom stereocenters. The summed E-state index contributed by atoms with van der Waals surface area (Å²) in [5.74, 6) is -0.383. The lowest BCUT2D eigenvalue weighted by molar-refractivity contribution is 0.319. The average molecular weight is 279 g/mol. The van der Waals surface area contributed by atoms with Crippen molar-refractivity contribution in [3.63, 3.8) is 0 Å². The Hall–Kier alpha value is -1.58. The molecule has 0 aromatic heterocycles. The fraction of sp³-hybridized carbons (Fsp3) is 0.200. The molecule has 0 spiro atoms. The fourth-order valence-electron chi connectivity index (χ4n) is 1.99. The van der Waals surface area contributed by atoms with Crippen LogP contribution in [0.4, 0.5) is 10.1 Å². The van der Waals surface area contributed by atoms with E-state index in [2.05, 4.69) is 0 Å². The maximum absolute atomic E-state index is 13.4. The second kappa shape index (κ2) is 6.04. The molecular formula is C15H16ClFN2. The van der Waals surface area contributed by atoms with Crippen molar-refractivity contribution in [3.05, 3.63) is 64.4 Å². The standard InChI is InChI=1S/C15H16ClFN2/c1-19(9-11-5-2-3-8-14(11)18)10-12-6-4-7-13(17)15(12)16/h2-8H,9-10,18H2,1H3. The third-order valence-corrected chi connectivity index (χ3v) is 3.39. The van der Waals surface area contributed by atoms with E-state index in [1.54, 1.807) is 6.07 Å². The van der Waals surface area contributed by atoms with Crippen LogP contribution in [0.15, 0.2) is 42.5 Å². The first-order valence-corrected chi connectivity index (χ1v) is 6.40. The van der Waals surface area contributed by atoms with Gasteiger partial charge in [-0.15, -0.1) is 0 Å². The van der Waals surface area contributed by atoms with Gasteiger partial charge < -0.3 is 5.73 Å². The van der Waals surface area contributed by atoms with Gasteiger partial charge in [0.05, 0.1) is 5.02 Å². The molecule has 0 atom stereocenters. The summed E-state index contributed by atoms with van der Waals surface area (Å²) >= 11 is 5.95. The van der Waals surface area contributed by atoms with Crippen LogP contribution in [0.2, 0.25) is 5.02 Å². The molecule has 0 saturated heterocycles. The van der Waals surface area contributed by atoms with Crippen LogP contribution >= 0.6 is 11.6 Å². The van der Waals surface area contributed by atoms with E-state index in [4.69, 9.17) is 17.3 Å². The van der Waals surface area contributed by atoms with Crippen LogP contribution in [0.3, 0.4) is 0 Å². The van der Waals surface area contributed by atoms with E-state index in [-0.39, 0.29) is 10.8 Å². The zero-order valence-electron chi connectivity index (χ0n) is 10.7. The number of benzene rings is 2. The van der Waals surface area contributed by atoms with Crippen LogP contribution in [0.25, 0.3) is 0 Å². The summed E-state index contributed by atoms with van der Waals surface area (Å²) < 4.78 is 13.4. The number of hydrogen-bond donors (Lipinski definition) is 1. The first-order valence-electron chi connectivity index (χ1n) is 6.02. The highest BCUT2D eigenvalue weighted by atomic mass is 35.5. The molecule has 2 aromatic rings. The van der Waals surface area contributed by atoms with Crippen molar-refractivity contribution < 1.29 is 4.39 Å². The molecule has 2 nitrogen and oxygen atoms in total. The zero-order valence-corrected chi connectivity index (χ0v) is 11.5. The Bertz CT molecular complexity index is 572. The van der Waals surface area contributed by atoms with E-state index in [0.717, 1.165) is 16.8 Å².